The molecule has 1 amide bonds. The fourth-order valence-corrected chi connectivity index (χ4v) is 2.84. The van der Waals surface area contributed by atoms with Crippen LogP contribution in [0.1, 0.15) is 30.9 Å². The van der Waals surface area contributed by atoms with Gasteiger partial charge in [0.15, 0.2) is 0 Å². The maximum atomic E-state index is 13.3. The Bertz CT molecular complexity index is 622. The minimum atomic E-state index is -4.54. The van der Waals surface area contributed by atoms with Crippen LogP contribution in [-0.4, -0.2) is 25.5 Å². The third kappa shape index (κ3) is 3.95. The van der Waals surface area contributed by atoms with Gasteiger partial charge in [0, 0.05) is 25.3 Å². The summed E-state index contributed by atoms with van der Waals surface area (Å²) in [6, 6.07) is 5.29. The van der Waals surface area contributed by atoms with E-state index in [1.807, 2.05) is 0 Å². The third-order valence-corrected chi connectivity index (χ3v) is 3.91. The summed E-state index contributed by atoms with van der Waals surface area (Å²) in [5, 5.41) is 11.5. The first-order chi connectivity index (χ1) is 10.9. The summed E-state index contributed by atoms with van der Waals surface area (Å²) in [4.78, 5) is 13.5. The van der Waals surface area contributed by atoms with Crippen LogP contribution in [0.5, 0.6) is 0 Å². The summed E-state index contributed by atoms with van der Waals surface area (Å²) in [6.45, 7) is 3.02. The molecule has 1 atom stereocenters. The number of anilines is 1. The summed E-state index contributed by atoms with van der Waals surface area (Å²) < 4.78 is 39.8. The lowest BCUT2D eigenvalue weighted by molar-refractivity contribution is -0.137. The van der Waals surface area contributed by atoms with Gasteiger partial charge in [0.05, 0.1) is 23.1 Å². The van der Waals surface area contributed by atoms with Gasteiger partial charge in [-0.15, -0.1) is 0 Å². The monoisotopic (exact) mass is 325 g/mol. The van der Waals surface area contributed by atoms with Gasteiger partial charge >= 0.3 is 6.18 Å². The molecule has 1 aliphatic heterocycles. The zero-order valence-corrected chi connectivity index (χ0v) is 12.8. The van der Waals surface area contributed by atoms with E-state index in [1.54, 1.807) is 17.9 Å². The number of benzene rings is 1. The largest absolute Gasteiger partial charge is 0.418 e. The Morgan fingerprint density at radius 3 is 2.83 bits per heavy atom. The third-order valence-electron chi connectivity index (χ3n) is 3.91. The average Bonchev–Trinajstić information content (AvgIpc) is 2.54. The highest BCUT2D eigenvalue weighted by Crippen LogP contribution is 2.38. The summed E-state index contributed by atoms with van der Waals surface area (Å²) >= 11 is 0. The van der Waals surface area contributed by atoms with Gasteiger partial charge in [-0.05, 0) is 38.0 Å². The number of rotatable bonds is 3. The standard InChI is InChI=1S/C16H18F3N3O/c1-2-21-15(23)12-4-3-7-22(10-12)14-6-5-11(9-20)8-13(14)16(17,18)19/h5-6,8,12H,2-4,7,10H2,1H3,(H,21,23)/t12-/m0/s1. The van der Waals surface area contributed by atoms with Gasteiger partial charge in [0.1, 0.15) is 0 Å². The number of piperidine rings is 1. The van der Waals surface area contributed by atoms with E-state index in [9.17, 15) is 18.0 Å². The van der Waals surface area contributed by atoms with Crippen molar-refractivity contribution in [2.45, 2.75) is 25.9 Å². The van der Waals surface area contributed by atoms with Crippen molar-refractivity contribution in [3.05, 3.63) is 29.3 Å². The summed E-state index contributed by atoms with van der Waals surface area (Å²) in [5.74, 6) is -0.445. The lowest BCUT2D eigenvalue weighted by atomic mass is 9.95. The van der Waals surface area contributed by atoms with Gasteiger partial charge in [-0.2, -0.15) is 18.4 Å². The predicted octanol–water partition coefficient (Wildman–Crippen LogP) is 2.93. The molecule has 0 radical (unpaired) electrons. The Morgan fingerprint density at radius 1 is 1.48 bits per heavy atom. The zero-order chi connectivity index (χ0) is 17.0. The highest BCUT2D eigenvalue weighted by Gasteiger charge is 2.36. The molecule has 1 fully saturated rings. The Labute approximate surface area is 132 Å². The molecule has 1 aliphatic rings. The SMILES string of the molecule is CCNC(=O)[C@H]1CCCN(c2ccc(C#N)cc2C(F)(F)F)C1. The Morgan fingerprint density at radius 2 is 2.22 bits per heavy atom. The van der Waals surface area contributed by atoms with Crippen LogP contribution in [0.2, 0.25) is 0 Å². The number of hydrogen-bond donors (Lipinski definition) is 1. The molecular formula is C16H18F3N3O. The molecule has 1 N–H and O–H groups in total. The first-order valence-corrected chi connectivity index (χ1v) is 7.50. The predicted molar refractivity (Wildman–Crippen MR) is 79.8 cm³/mol. The average molecular weight is 325 g/mol. The van der Waals surface area contributed by atoms with Crippen molar-refractivity contribution in [1.82, 2.24) is 5.32 Å². The van der Waals surface area contributed by atoms with Crippen molar-refractivity contribution in [2.24, 2.45) is 5.92 Å². The minimum Gasteiger partial charge on any atom is -0.370 e. The maximum absolute atomic E-state index is 13.3. The molecule has 2 rings (SSSR count). The second-order valence-corrected chi connectivity index (χ2v) is 5.52. The van der Waals surface area contributed by atoms with Gasteiger partial charge in [-0.1, -0.05) is 0 Å². The number of nitrogens with one attached hydrogen (secondary N) is 1. The zero-order valence-electron chi connectivity index (χ0n) is 12.8. The lowest BCUT2D eigenvalue weighted by Gasteiger charge is -2.35. The Hall–Kier alpha value is -2.23. The molecule has 0 aromatic heterocycles. The van der Waals surface area contributed by atoms with Crippen molar-refractivity contribution in [3.8, 4) is 6.07 Å². The molecule has 1 heterocycles. The molecule has 4 nitrogen and oxygen atoms in total. The number of nitriles is 1. The number of nitrogens with zero attached hydrogens (tertiary/aromatic N) is 2. The summed E-state index contributed by atoms with van der Waals surface area (Å²) in [7, 11) is 0. The number of carbonyl (C=O) groups is 1. The molecular weight excluding hydrogens is 307 g/mol. The van der Waals surface area contributed by atoms with Crippen LogP contribution < -0.4 is 10.2 Å². The molecule has 0 bridgehead atoms. The second kappa shape index (κ2) is 6.90. The van der Waals surface area contributed by atoms with Crippen molar-refractivity contribution < 1.29 is 18.0 Å². The number of alkyl halides is 3. The van der Waals surface area contributed by atoms with Crippen molar-refractivity contribution in [1.29, 1.82) is 5.26 Å². The number of amides is 1. The van der Waals surface area contributed by atoms with E-state index in [-0.39, 0.29) is 29.6 Å². The van der Waals surface area contributed by atoms with Crippen molar-refractivity contribution in [2.75, 3.05) is 24.5 Å². The van der Waals surface area contributed by atoms with Crippen LogP contribution in [0.15, 0.2) is 18.2 Å². The van der Waals surface area contributed by atoms with Crippen molar-refractivity contribution in [3.63, 3.8) is 0 Å². The fraction of sp³-hybridized carbons (Fsp3) is 0.500. The number of carbonyl (C=O) groups excluding carboxylic acids is 1. The van der Waals surface area contributed by atoms with Gasteiger partial charge in [-0.25, -0.2) is 0 Å². The normalized spacial score (nSPS) is 18.4. The molecule has 0 aliphatic carbocycles. The second-order valence-electron chi connectivity index (χ2n) is 5.52. The smallest absolute Gasteiger partial charge is 0.370 e. The van der Waals surface area contributed by atoms with E-state index in [1.165, 1.54) is 12.1 Å². The molecule has 1 saturated heterocycles. The Balaban J connectivity index is 2.30. The highest BCUT2D eigenvalue weighted by atomic mass is 19.4. The van der Waals surface area contributed by atoms with Crippen molar-refractivity contribution >= 4 is 11.6 Å². The summed E-state index contributed by atoms with van der Waals surface area (Å²) in [6.07, 6.45) is -3.22. The minimum absolute atomic E-state index is 0.0293. The van der Waals surface area contributed by atoms with Crippen LogP contribution in [0.25, 0.3) is 0 Å². The first kappa shape index (κ1) is 17.1. The molecule has 0 unspecified atom stereocenters. The van der Waals surface area contributed by atoms with E-state index in [0.717, 1.165) is 6.07 Å². The van der Waals surface area contributed by atoms with E-state index in [0.29, 0.717) is 25.9 Å². The van der Waals surface area contributed by atoms with E-state index < -0.39 is 11.7 Å². The topological polar surface area (TPSA) is 56.1 Å². The van der Waals surface area contributed by atoms with Crippen LogP contribution >= 0.6 is 0 Å². The molecule has 0 saturated carbocycles. The van der Waals surface area contributed by atoms with E-state index in [2.05, 4.69) is 5.32 Å². The molecule has 1 aromatic carbocycles. The van der Waals surface area contributed by atoms with E-state index in [4.69, 9.17) is 5.26 Å². The maximum Gasteiger partial charge on any atom is 0.418 e. The van der Waals surface area contributed by atoms with E-state index >= 15 is 0 Å². The number of hydrogen-bond acceptors (Lipinski definition) is 3. The van der Waals surface area contributed by atoms with Gasteiger partial charge in [0.25, 0.3) is 0 Å². The number of halogens is 3. The molecule has 1 aromatic rings. The van der Waals surface area contributed by atoms with Gasteiger partial charge in [0.2, 0.25) is 5.91 Å². The molecule has 124 valence electrons. The molecule has 23 heavy (non-hydrogen) atoms. The van der Waals surface area contributed by atoms with Gasteiger partial charge < -0.3 is 10.2 Å². The highest BCUT2D eigenvalue weighted by molar-refractivity contribution is 5.79. The molecule has 7 heteroatoms. The van der Waals surface area contributed by atoms with Crippen LogP contribution in [0.3, 0.4) is 0 Å². The lowest BCUT2D eigenvalue weighted by Crippen LogP contribution is -2.43. The van der Waals surface area contributed by atoms with Crippen LogP contribution in [-0.2, 0) is 11.0 Å². The first-order valence-electron chi connectivity index (χ1n) is 7.50. The summed E-state index contributed by atoms with van der Waals surface area (Å²) in [5.41, 5.74) is -0.822. The quantitative estimate of drug-likeness (QED) is 0.929. The van der Waals surface area contributed by atoms with Crippen LogP contribution in [0, 0.1) is 17.2 Å². The fourth-order valence-electron chi connectivity index (χ4n) is 2.84. The van der Waals surface area contributed by atoms with Gasteiger partial charge in [-0.3, -0.25) is 4.79 Å². The molecule has 0 spiro atoms. The Kier molecular flexibility index (Phi) is 5.14. The van der Waals surface area contributed by atoms with Crippen LogP contribution in [0.4, 0.5) is 18.9 Å².